The van der Waals surface area contributed by atoms with Crippen LogP contribution in [0.15, 0.2) is 30.6 Å². The average Bonchev–Trinajstić information content (AvgIpc) is 3.56. The number of piperidine rings is 1. The number of aromatic nitrogens is 3. The van der Waals surface area contributed by atoms with Crippen molar-refractivity contribution in [1.29, 1.82) is 0 Å². The van der Waals surface area contributed by atoms with Crippen LogP contribution in [0.4, 0.5) is 5.82 Å². The number of carbonyl (C=O) groups is 1. The highest BCUT2D eigenvalue weighted by Crippen LogP contribution is 2.31. The number of carbonyl (C=O) groups excluding carboxylic acids is 1. The van der Waals surface area contributed by atoms with Crippen molar-refractivity contribution in [1.82, 2.24) is 19.4 Å². The Bertz CT molecular complexity index is 1130. The highest BCUT2D eigenvalue weighted by molar-refractivity contribution is 6.06. The Morgan fingerprint density at radius 2 is 1.94 bits per heavy atom. The third-order valence-electron chi connectivity index (χ3n) is 7.91. The third kappa shape index (κ3) is 4.63. The van der Waals surface area contributed by atoms with Gasteiger partial charge in [-0.3, -0.25) is 4.79 Å². The molecule has 2 aliphatic rings. The number of anilines is 1. The lowest BCUT2D eigenvalue weighted by Crippen LogP contribution is -2.41. The third-order valence-corrected chi connectivity index (χ3v) is 7.91. The highest BCUT2D eigenvalue weighted by Gasteiger charge is 2.30. The maximum absolute atomic E-state index is 12.7. The van der Waals surface area contributed by atoms with E-state index in [1.54, 1.807) is 0 Å². The number of para-hydroxylation sites is 1. The van der Waals surface area contributed by atoms with Crippen LogP contribution in [0.1, 0.15) is 64.3 Å². The number of amides is 1. The van der Waals surface area contributed by atoms with Crippen LogP contribution < -0.4 is 5.73 Å². The Hall–Kier alpha value is -2.67. The summed E-state index contributed by atoms with van der Waals surface area (Å²) in [7, 11) is 0. The number of hydrogen-bond donors (Lipinski definition) is 1. The molecule has 1 aliphatic carbocycles. The highest BCUT2D eigenvalue weighted by atomic mass is 16.5. The molecule has 1 amide bonds. The van der Waals surface area contributed by atoms with E-state index >= 15 is 0 Å². The monoisotopic (exact) mass is 463 g/mol. The zero-order chi connectivity index (χ0) is 23.5. The van der Waals surface area contributed by atoms with Crippen molar-refractivity contribution in [2.24, 2.45) is 11.8 Å². The molecule has 34 heavy (non-hydrogen) atoms. The van der Waals surface area contributed by atoms with Crippen LogP contribution in [0.5, 0.6) is 0 Å². The van der Waals surface area contributed by atoms with Gasteiger partial charge in [0, 0.05) is 31.0 Å². The van der Waals surface area contributed by atoms with E-state index in [1.165, 1.54) is 12.8 Å². The summed E-state index contributed by atoms with van der Waals surface area (Å²) in [4.78, 5) is 23.9. The van der Waals surface area contributed by atoms with Crippen LogP contribution in [-0.4, -0.2) is 51.6 Å². The second kappa shape index (κ2) is 10.3. The molecule has 1 aliphatic heterocycles. The summed E-state index contributed by atoms with van der Waals surface area (Å²) >= 11 is 0. The van der Waals surface area contributed by atoms with Gasteiger partial charge in [-0.1, -0.05) is 38.0 Å². The maximum Gasteiger partial charge on any atom is 0.225 e. The Kier molecular flexibility index (Phi) is 6.99. The van der Waals surface area contributed by atoms with Gasteiger partial charge in [-0.25, -0.2) is 9.97 Å². The summed E-state index contributed by atoms with van der Waals surface area (Å²) in [5.41, 5.74) is 8.89. The maximum atomic E-state index is 12.7. The molecule has 2 N–H and O–H groups in total. The zero-order valence-corrected chi connectivity index (χ0v) is 20.3. The first-order valence-electron chi connectivity index (χ1n) is 13.0. The first-order chi connectivity index (χ1) is 16.7. The summed E-state index contributed by atoms with van der Waals surface area (Å²) < 4.78 is 8.40. The molecule has 0 spiro atoms. The van der Waals surface area contributed by atoms with Crippen molar-refractivity contribution in [2.75, 3.05) is 32.0 Å². The second-order valence-electron chi connectivity index (χ2n) is 10.0. The van der Waals surface area contributed by atoms with Gasteiger partial charge >= 0.3 is 0 Å². The molecule has 2 aromatic heterocycles. The van der Waals surface area contributed by atoms with Crippen molar-refractivity contribution >= 4 is 33.7 Å². The molecular weight excluding hydrogens is 426 g/mol. The SMILES string of the molecule is CCC(COCCC1CCN(C(=O)C2CCCC2)CC1)n1cnc2c(N)nc3ccccc3c21. The average molecular weight is 464 g/mol. The minimum atomic E-state index is 0.195. The number of nitrogen functional groups attached to an aromatic ring is 1. The van der Waals surface area contributed by atoms with Gasteiger partial charge < -0.3 is 19.9 Å². The van der Waals surface area contributed by atoms with Crippen LogP contribution in [-0.2, 0) is 9.53 Å². The molecule has 0 radical (unpaired) electrons. The number of fused-ring (bicyclic) bond motifs is 3. The number of nitrogens with two attached hydrogens (primary N) is 1. The Balaban J connectivity index is 1.15. The number of rotatable bonds is 8. The van der Waals surface area contributed by atoms with Crippen molar-refractivity contribution in [2.45, 2.75) is 64.3 Å². The number of benzene rings is 1. The predicted octanol–water partition coefficient (Wildman–Crippen LogP) is 4.95. The minimum Gasteiger partial charge on any atom is -0.382 e. The summed E-state index contributed by atoms with van der Waals surface area (Å²) in [6.45, 7) is 5.43. The van der Waals surface area contributed by atoms with Crippen LogP contribution in [0.2, 0.25) is 0 Å². The summed E-state index contributed by atoms with van der Waals surface area (Å²) in [6.07, 6.45) is 10.7. The molecule has 7 nitrogen and oxygen atoms in total. The minimum absolute atomic E-state index is 0.195. The number of ether oxygens (including phenoxy) is 1. The van der Waals surface area contributed by atoms with Gasteiger partial charge in [0.05, 0.1) is 30.0 Å². The van der Waals surface area contributed by atoms with Crippen LogP contribution in [0.3, 0.4) is 0 Å². The van der Waals surface area contributed by atoms with E-state index in [0.29, 0.717) is 30.2 Å². The van der Waals surface area contributed by atoms with E-state index < -0.39 is 0 Å². The number of pyridine rings is 1. The van der Waals surface area contributed by atoms with E-state index in [1.807, 2.05) is 24.5 Å². The smallest absolute Gasteiger partial charge is 0.225 e. The van der Waals surface area contributed by atoms with Gasteiger partial charge in [0.15, 0.2) is 5.82 Å². The standard InChI is InChI=1S/C27H37N5O2/c1-2-21(32-18-29-24-25(32)22-9-5-6-10-23(22)30-26(24)28)17-34-16-13-19-11-14-31(15-12-19)27(33)20-7-3-4-8-20/h5-6,9-10,18-21H,2-4,7-8,11-17H2,1H3,(H2,28,30). The number of likely N-dealkylation sites (tertiary alicyclic amines) is 1. The number of nitrogens with zero attached hydrogens (tertiary/aromatic N) is 4. The van der Waals surface area contributed by atoms with Crippen LogP contribution in [0, 0.1) is 11.8 Å². The molecule has 0 bridgehead atoms. The molecule has 3 heterocycles. The molecule has 5 rings (SSSR count). The fourth-order valence-corrected chi connectivity index (χ4v) is 5.78. The van der Waals surface area contributed by atoms with E-state index in [0.717, 1.165) is 80.2 Å². The number of hydrogen-bond acceptors (Lipinski definition) is 5. The molecule has 182 valence electrons. The Morgan fingerprint density at radius 1 is 1.18 bits per heavy atom. The Morgan fingerprint density at radius 3 is 2.71 bits per heavy atom. The summed E-state index contributed by atoms with van der Waals surface area (Å²) in [5.74, 6) is 1.83. The van der Waals surface area contributed by atoms with Gasteiger partial charge in [0.1, 0.15) is 5.52 Å². The topological polar surface area (TPSA) is 86.3 Å². The number of imidazole rings is 1. The first kappa shape index (κ1) is 23.1. The molecule has 2 fully saturated rings. The zero-order valence-electron chi connectivity index (χ0n) is 20.3. The van der Waals surface area contributed by atoms with Crippen molar-refractivity contribution in [3.05, 3.63) is 30.6 Å². The van der Waals surface area contributed by atoms with Crippen molar-refractivity contribution < 1.29 is 9.53 Å². The molecular formula is C27H37N5O2. The lowest BCUT2D eigenvalue weighted by atomic mass is 9.93. The molecule has 1 saturated carbocycles. The van der Waals surface area contributed by atoms with Crippen LogP contribution >= 0.6 is 0 Å². The normalized spacial score (nSPS) is 18.8. The van der Waals surface area contributed by atoms with E-state index in [2.05, 4.69) is 32.4 Å². The second-order valence-corrected chi connectivity index (χ2v) is 10.0. The largest absolute Gasteiger partial charge is 0.382 e. The van der Waals surface area contributed by atoms with Crippen molar-refractivity contribution in [3.8, 4) is 0 Å². The summed E-state index contributed by atoms with van der Waals surface area (Å²) in [6, 6.07) is 8.28. The van der Waals surface area contributed by atoms with E-state index in [4.69, 9.17) is 10.5 Å². The molecule has 1 unspecified atom stereocenters. The van der Waals surface area contributed by atoms with Crippen LogP contribution in [0.25, 0.3) is 21.9 Å². The van der Waals surface area contributed by atoms with Gasteiger partial charge in [0.25, 0.3) is 0 Å². The van der Waals surface area contributed by atoms with Gasteiger partial charge in [-0.2, -0.15) is 0 Å². The summed E-state index contributed by atoms with van der Waals surface area (Å²) in [5, 5.41) is 1.07. The molecule has 1 atom stereocenters. The van der Waals surface area contributed by atoms with Crippen molar-refractivity contribution in [3.63, 3.8) is 0 Å². The van der Waals surface area contributed by atoms with Gasteiger partial charge in [0.2, 0.25) is 5.91 Å². The molecule has 1 aromatic carbocycles. The fourth-order valence-electron chi connectivity index (χ4n) is 5.78. The van der Waals surface area contributed by atoms with Gasteiger partial charge in [-0.15, -0.1) is 0 Å². The molecule has 7 heteroatoms. The predicted molar refractivity (Wildman–Crippen MR) is 135 cm³/mol. The lowest BCUT2D eigenvalue weighted by molar-refractivity contribution is -0.136. The van der Waals surface area contributed by atoms with E-state index in [-0.39, 0.29) is 6.04 Å². The molecule has 3 aromatic rings. The molecule has 1 saturated heterocycles. The first-order valence-corrected chi connectivity index (χ1v) is 13.0. The fraction of sp³-hybridized carbons (Fsp3) is 0.593. The lowest BCUT2D eigenvalue weighted by Gasteiger charge is -2.33. The Labute approximate surface area is 201 Å². The van der Waals surface area contributed by atoms with Gasteiger partial charge in [-0.05, 0) is 50.5 Å². The quantitative estimate of drug-likeness (QED) is 0.478. The van der Waals surface area contributed by atoms with E-state index in [9.17, 15) is 4.79 Å².